The summed E-state index contributed by atoms with van der Waals surface area (Å²) in [5, 5.41) is 6.27. The van der Waals surface area contributed by atoms with Crippen LogP contribution in [0.1, 0.15) is 47.4 Å². The van der Waals surface area contributed by atoms with E-state index in [2.05, 4.69) is 20.6 Å². The zero-order valence-corrected chi connectivity index (χ0v) is 16.7. The molecule has 0 bridgehead atoms. The van der Waals surface area contributed by atoms with Gasteiger partial charge in [0.2, 0.25) is 0 Å². The summed E-state index contributed by atoms with van der Waals surface area (Å²) in [7, 11) is 0. The molecule has 152 valence electrons. The molecule has 4 heterocycles. The van der Waals surface area contributed by atoms with Crippen molar-refractivity contribution in [3.63, 3.8) is 0 Å². The Hall–Kier alpha value is -2.22. The van der Waals surface area contributed by atoms with Crippen LogP contribution in [0.2, 0.25) is 0 Å². The van der Waals surface area contributed by atoms with Crippen molar-refractivity contribution in [1.82, 2.24) is 25.5 Å². The molecular weight excluding hydrogens is 358 g/mol. The van der Waals surface area contributed by atoms with Gasteiger partial charge >= 0.3 is 6.09 Å². The van der Waals surface area contributed by atoms with E-state index in [0.29, 0.717) is 23.9 Å². The van der Waals surface area contributed by atoms with Gasteiger partial charge in [-0.3, -0.25) is 4.79 Å². The van der Waals surface area contributed by atoms with Gasteiger partial charge < -0.3 is 20.3 Å². The first-order valence-electron chi connectivity index (χ1n) is 10.3. The monoisotopic (exact) mass is 387 g/mol. The summed E-state index contributed by atoms with van der Waals surface area (Å²) in [6.45, 7) is 7.59. The second-order valence-corrected chi connectivity index (χ2v) is 8.24. The maximum atomic E-state index is 13.0. The molecule has 2 amide bonds. The molecule has 0 radical (unpaired) electrons. The van der Waals surface area contributed by atoms with Crippen LogP contribution in [0.4, 0.5) is 4.79 Å². The zero-order chi connectivity index (χ0) is 19.7. The molecule has 1 spiro atoms. The second-order valence-electron chi connectivity index (χ2n) is 8.24. The third kappa shape index (κ3) is 3.45. The summed E-state index contributed by atoms with van der Waals surface area (Å²) >= 11 is 0. The van der Waals surface area contributed by atoms with Gasteiger partial charge in [-0.2, -0.15) is 0 Å². The van der Waals surface area contributed by atoms with E-state index in [1.165, 1.54) is 6.33 Å². The molecule has 3 aliphatic heterocycles. The van der Waals surface area contributed by atoms with Crippen molar-refractivity contribution in [2.75, 3.05) is 32.7 Å². The number of alkyl carbamates (subject to hydrolysis) is 1. The molecule has 0 aliphatic carbocycles. The lowest BCUT2D eigenvalue weighted by Gasteiger charge is -2.50. The Kier molecular flexibility index (Phi) is 5.23. The standard InChI is InChI=1S/C20H29N5O3/c1-13-17(14(2)24-12-23-13)18(26)25-9-3-15(4-10-25)16-11-21-7-5-20(16)6-8-22-19(27)28-20/h12,15-16,21H,3-11H2,1-2H3,(H,22,27). The predicted molar refractivity (Wildman–Crippen MR) is 103 cm³/mol. The highest BCUT2D eigenvalue weighted by Gasteiger charge is 2.49. The van der Waals surface area contributed by atoms with Crippen LogP contribution in [-0.2, 0) is 4.74 Å². The zero-order valence-electron chi connectivity index (χ0n) is 16.7. The normalized spacial score (nSPS) is 28.7. The second kappa shape index (κ2) is 7.66. The fourth-order valence-corrected chi connectivity index (χ4v) is 5.18. The Balaban J connectivity index is 1.45. The minimum absolute atomic E-state index is 0.0267. The van der Waals surface area contributed by atoms with Crippen LogP contribution in [-0.4, -0.2) is 65.2 Å². The van der Waals surface area contributed by atoms with Crippen LogP contribution < -0.4 is 10.6 Å². The molecule has 4 rings (SSSR count). The van der Waals surface area contributed by atoms with Gasteiger partial charge in [0.15, 0.2) is 0 Å². The lowest BCUT2D eigenvalue weighted by atomic mass is 9.69. The molecule has 2 unspecified atom stereocenters. The summed E-state index contributed by atoms with van der Waals surface area (Å²) in [4.78, 5) is 35.2. The summed E-state index contributed by atoms with van der Waals surface area (Å²) in [6.07, 6.45) is 4.80. The van der Waals surface area contributed by atoms with E-state index in [1.807, 2.05) is 18.7 Å². The molecule has 2 N–H and O–H groups in total. The van der Waals surface area contributed by atoms with E-state index in [0.717, 1.165) is 63.3 Å². The van der Waals surface area contributed by atoms with Crippen LogP contribution >= 0.6 is 0 Å². The Morgan fingerprint density at radius 1 is 1.18 bits per heavy atom. The van der Waals surface area contributed by atoms with Crippen molar-refractivity contribution in [3.8, 4) is 0 Å². The van der Waals surface area contributed by atoms with Crippen molar-refractivity contribution in [2.24, 2.45) is 11.8 Å². The van der Waals surface area contributed by atoms with Gasteiger partial charge in [0.1, 0.15) is 11.9 Å². The maximum absolute atomic E-state index is 13.0. The molecule has 3 aliphatic rings. The van der Waals surface area contributed by atoms with E-state index in [1.54, 1.807) is 0 Å². The number of likely N-dealkylation sites (tertiary alicyclic amines) is 1. The molecule has 1 aromatic heterocycles. The summed E-state index contributed by atoms with van der Waals surface area (Å²) < 4.78 is 5.87. The Labute approximate surface area is 165 Å². The van der Waals surface area contributed by atoms with E-state index in [9.17, 15) is 9.59 Å². The molecule has 8 heteroatoms. The number of rotatable bonds is 2. The van der Waals surface area contributed by atoms with Gasteiger partial charge in [-0.1, -0.05) is 0 Å². The van der Waals surface area contributed by atoms with Crippen molar-refractivity contribution < 1.29 is 14.3 Å². The number of hydrogen-bond donors (Lipinski definition) is 2. The lowest BCUT2D eigenvalue weighted by molar-refractivity contribution is -0.0958. The van der Waals surface area contributed by atoms with Crippen LogP contribution in [0.3, 0.4) is 0 Å². The molecule has 0 aromatic carbocycles. The Morgan fingerprint density at radius 3 is 2.54 bits per heavy atom. The summed E-state index contributed by atoms with van der Waals surface area (Å²) in [6, 6.07) is 0. The van der Waals surface area contributed by atoms with E-state index in [-0.39, 0.29) is 17.6 Å². The van der Waals surface area contributed by atoms with Crippen LogP contribution in [0.25, 0.3) is 0 Å². The van der Waals surface area contributed by atoms with Crippen molar-refractivity contribution >= 4 is 12.0 Å². The van der Waals surface area contributed by atoms with Crippen molar-refractivity contribution in [1.29, 1.82) is 0 Å². The van der Waals surface area contributed by atoms with Crippen molar-refractivity contribution in [2.45, 2.75) is 45.1 Å². The fraction of sp³-hybridized carbons (Fsp3) is 0.700. The highest BCUT2D eigenvalue weighted by molar-refractivity contribution is 5.96. The lowest BCUT2D eigenvalue weighted by Crippen LogP contribution is -2.60. The average Bonchev–Trinajstić information content (AvgIpc) is 2.68. The molecule has 3 saturated heterocycles. The van der Waals surface area contributed by atoms with Gasteiger partial charge in [-0.15, -0.1) is 0 Å². The van der Waals surface area contributed by atoms with Gasteiger partial charge in [0, 0.05) is 44.9 Å². The topological polar surface area (TPSA) is 96.5 Å². The molecule has 2 atom stereocenters. The molecule has 0 saturated carbocycles. The number of nitrogens with one attached hydrogen (secondary N) is 2. The molecule has 28 heavy (non-hydrogen) atoms. The van der Waals surface area contributed by atoms with Gasteiger partial charge in [-0.05, 0) is 39.2 Å². The minimum atomic E-state index is -0.356. The Morgan fingerprint density at radius 2 is 1.86 bits per heavy atom. The van der Waals surface area contributed by atoms with E-state index in [4.69, 9.17) is 4.74 Å². The number of amides is 2. The SMILES string of the molecule is Cc1ncnc(C)c1C(=O)N1CCC(C2CNCCC23CCNC(=O)O3)CC1. The van der Waals surface area contributed by atoms with E-state index < -0.39 is 0 Å². The molecule has 8 nitrogen and oxygen atoms in total. The first-order chi connectivity index (χ1) is 13.5. The Bertz CT molecular complexity index is 738. The number of nitrogens with zero attached hydrogens (tertiary/aromatic N) is 3. The van der Waals surface area contributed by atoms with Crippen LogP contribution in [0.15, 0.2) is 6.33 Å². The number of ether oxygens (including phenoxy) is 1. The molecule has 3 fully saturated rings. The van der Waals surface area contributed by atoms with E-state index >= 15 is 0 Å². The largest absolute Gasteiger partial charge is 0.442 e. The third-order valence-electron chi connectivity index (χ3n) is 6.71. The molecular formula is C20H29N5O3. The maximum Gasteiger partial charge on any atom is 0.407 e. The van der Waals surface area contributed by atoms with Gasteiger partial charge in [-0.25, -0.2) is 14.8 Å². The van der Waals surface area contributed by atoms with Crippen LogP contribution in [0, 0.1) is 25.7 Å². The minimum Gasteiger partial charge on any atom is -0.442 e. The number of aromatic nitrogens is 2. The third-order valence-corrected chi connectivity index (χ3v) is 6.71. The highest BCUT2D eigenvalue weighted by Crippen LogP contribution is 2.41. The fourth-order valence-electron chi connectivity index (χ4n) is 5.18. The molecule has 1 aromatic rings. The predicted octanol–water partition coefficient (Wildman–Crippen LogP) is 1.42. The van der Waals surface area contributed by atoms with Crippen LogP contribution in [0.5, 0.6) is 0 Å². The summed E-state index contributed by atoms with van der Waals surface area (Å²) in [5.41, 5.74) is 1.74. The number of carbonyl (C=O) groups excluding carboxylic acids is 2. The van der Waals surface area contributed by atoms with Gasteiger partial charge in [0.05, 0.1) is 17.0 Å². The first kappa shape index (κ1) is 19.1. The number of piperidine rings is 2. The number of aryl methyl sites for hydroxylation is 2. The smallest absolute Gasteiger partial charge is 0.407 e. The highest BCUT2D eigenvalue weighted by atomic mass is 16.6. The quantitative estimate of drug-likeness (QED) is 0.797. The van der Waals surface area contributed by atoms with Crippen molar-refractivity contribution in [3.05, 3.63) is 23.3 Å². The average molecular weight is 387 g/mol. The number of hydrogen-bond acceptors (Lipinski definition) is 6. The number of carbonyl (C=O) groups is 2. The summed E-state index contributed by atoms with van der Waals surface area (Å²) in [5.74, 6) is 0.767. The first-order valence-corrected chi connectivity index (χ1v) is 10.3. The van der Waals surface area contributed by atoms with Gasteiger partial charge in [0.25, 0.3) is 5.91 Å².